The van der Waals surface area contributed by atoms with Crippen LogP contribution in [0.1, 0.15) is 28.7 Å². The van der Waals surface area contributed by atoms with Crippen molar-refractivity contribution >= 4 is 11.6 Å². The molecule has 5 nitrogen and oxygen atoms in total. The number of rotatable bonds is 5. The molecule has 1 aromatic carbocycles. The van der Waals surface area contributed by atoms with Gasteiger partial charge in [0.15, 0.2) is 0 Å². The fourth-order valence-electron chi connectivity index (χ4n) is 1.68. The molecule has 1 N–H and O–H groups in total. The molecule has 0 atom stereocenters. The van der Waals surface area contributed by atoms with Gasteiger partial charge in [0.25, 0.3) is 5.91 Å². The molecule has 1 aromatic heterocycles. The molecule has 2 aromatic rings. The fourth-order valence-corrected chi connectivity index (χ4v) is 1.68. The van der Waals surface area contributed by atoms with Crippen LogP contribution in [0.5, 0.6) is 0 Å². The molecule has 0 saturated carbocycles. The number of amides is 1. The van der Waals surface area contributed by atoms with Gasteiger partial charge in [0.1, 0.15) is 5.69 Å². The number of carbonyl (C=O) groups is 1. The van der Waals surface area contributed by atoms with Gasteiger partial charge < -0.3 is 10.1 Å². The first kappa shape index (κ1) is 14.1. The van der Waals surface area contributed by atoms with E-state index in [1.165, 1.54) is 6.20 Å². The number of aryl methyl sites for hydroxylation is 1. The van der Waals surface area contributed by atoms with Gasteiger partial charge in [-0.25, -0.2) is 4.98 Å². The molecule has 0 unspecified atom stereocenters. The molecule has 0 aliphatic rings. The molecule has 2 rings (SSSR count). The third kappa shape index (κ3) is 3.61. The summed E-state index contributed by atoms with van der Waals surface area (Å²) in [6.45, 7) is 4.85. The zero-order valence-corrected chi connectivity index (χ0v) is 11.6. The molecule has 104 valence electrons. The first-order valence-electron chi connectivity index (χ1n) is 6.46. The number of benzene rings is 1. The average molecular weight is 271 g/mol. The van der Waals surface area contributed by atoms with Crippen molar-refractivity contribution in [3.63, 3.8) is 0 Å². The van der Waals surface area contributed by atoms with Gasteiger partial charge >= 0.3 is 0 Å². The van der Waals surface area contributed by atoms with Crippen LogP contribution in [-0.2, 0) is 11.3 Å². The molecule has 0 aliphatic carbocycles. The Hall–Kier alpha value is -2.27. The zero-order valence-electron chi connectivity index (χ0n) is 11.6. The van der Waals surface area contributed by atoms with Gasteiger partial charge in [-0.1, -0.05) is 18.2 Å². The maximum Gasteiger partial charge on any atom is 0.275 e. The van der Waals surface area contributed by atoms with Gasteiger partial charge in [-0.2, -0.15) is 0 Å². The van der Waals surface area contributed by atoms with Crippen LogP contribution in [0.25, 0.3) is 0 Å². The zero-order chi connectivity index (χ0) is 14.4. The minimum Gasteiger partial charge on any atom is -0.377 e. The van der Waals surface area contributed by atoms with Gasteiger partial charge in [0.05, 0.1) is 18.5 Å². The highest BCUT2D eigenvalue weighted by molar-refractivity contribution is 6.03. The first-order valence-corrected chi connectivity index (χ1v) is 6.46. The average Bonchev–Trinajstić information content (AvgIpc) is 2.47. The van der Waals surface area contributed by atoms with Gasteiger partial charge in [0, 0.05) is 24.1 Å². The van der Waals surface area contributed by atoms with Gasteiger partial charge in [-0.15, -0.1) is 0 Å². The van der Waals surface area contributed by atoms with E-state index in [0.717, 1.165) is 16.9 Å². The van der Waals surface area contributed by atoms with Crippen LogP contribution in [-0.4, -0.2) is 22.5 Å². The lowest BCUT2D eigenvalue weighted by Gasteiger charge is -2.10. The number of para-hydroxylation sites is 1. The monoisotopic (exact) mass is 271 g/mol. The summed E-state index contributed by atoms with van der Waals surface area (Å²) in [7, 11) is 0. The topological polar surface area (TPSA) is 64.1 Å². The van der Waals surface area contributed by atoms with E-state index in [0.29, 0.717) is 18.9 Å². The number of hydrogen-bond donors (Lipinski definition) is 1. The standard InChI is InChI=1S/C15H17N3O2/c1-3-20-10-12-6-4-5-7-13(12)18-15(19)14-9-16-11(2)8-17-14/h4-9H,3,10H2,1-2H3,(H,18,19). The highest BCUT2D eigenvalue weighted by Gasteiger charge is 2.10. The number of carbonyl (C=O) groups excluding carboxylic acids is 1. The highest BCUT2D eigenvalue weighted by atomic mass is 16.5. The maximum absolute atomic E-state index is 12.1. The van der Waals surface area contributed by atoms with E-state index in [1.54, 1.807) is 6.20 Å². The number of hydrogen-bond acceptors (Lipinski definition) is 4. The lowest BCUT2D eigenvalue weighted by molar-refractivity contribution is 0.102. The summed E-state index contributed by atoms with van der Waals surface area (Å²) in [6.07, 6.45) is 3.04. The van der Waals surface area contributed by atoms with Crippen molar-refractivity contribution in [1.29, 1.82) is 0 Å². The second kappa shape index (κ2) is 6.77. The van der Waals surface area contributed by atoms with Gasteiger partial charge in [-0.05, 0) is 19.9 Å². The predicted octanol–water partition coefficient (Wildman–Crippen LogP) is 2.57. The lowest BCUT2D eigenvalue weighted by Crippen LogP contribution is -2.15. The Morgan fingerprint density at radius 1 is 1.25 bits per heavy atom. The fraction of sp³-hybridized carbons (Fsp3) is 0.267. The summed E-state index contributed by atoms with van der Waals surface area (Å²) in [6, 6.07) is 7.54. The van der Waals surface area contributed by atoms with Crippen molar-refractivity contribution in [3.05, 3.63) is 53.6 Å². The summed E-state index contributed by atoms with van der Waals surface area (Å²) >= 11 is 0. The summed E-state index contributed by atoms with van der Waals surface area (Å²) in [5.41, 5.74) is 2.73. The van der Waals surface area contributed by atoms with Crippen molar-refractivity contribution in [1.82, 2.24) is 9.97 Å². The molecule has 5 heteroatoms. The molecule has 0 radical (unpaired) electrons. The van der Waals surface area contributed by atoms with Crippen LogP contribution < -0.4 is 5.32 Å². The number of ether oxygens (including phenoxy) is 1. The van der Waals surface area contributed by atoms with E-state index in [1.807, 2.05) is 38.1 Å². The van der Waals surface area contributed by atoms with Crippen molar-refractivity contribution in [2.75, 3.05) is 11.9 Å². The van der Waals surface area contributed by atoms with E-state index in [-0.39, 0.29) is 5.91 Å². The first-order chi connectivity index (χ1) is 9.70. The Balaban J connectivity index is 2.13. The van der Waals surface area contributed by atoms with E-state index in [2.05, 4.69) is 15.3 Å². The third-order valence-corrected chi connectivity index (χ3v) is 2.74. The molecule has 0 aliphatic heterocycles. The summed E-state index contributed by atoms with van der Waals surface area (Å²) in [4.78, 5) is 20.2. The predicted molar refractivity (Wildman–Crippen MR) is 76.5 cm³/mol. The maximum atomic E-state index is 12.1. The molecule has 0 spiro atoms. The van der Waals surface area contributed by atoms with Crippen molar-refractivity contribution < 1.29 is 9.53 Å². The van der Waals surface area contributed by atoms with Gasteiger partial charge in [-0.3, -0.25) is 9.78 Å². The van der Waals surface area contributed by atoms with E-state index in [4.69, 9.17) is 4.74 Å². The van der Waals surface area contributed by atoms with E-state index in [9.17, 15) is 4.79 Å². The minimum absolute atomic E-state index is 0.276. The number of nitrogens with zero attached hydrogens (tertiary/aromatic N) is 2. The third-order valence-electron chi connectivity index (χ3n) is 2.74. The van der Waals surface area contributed by atoms with E-state index >= 15 is 0 Å². The van der Waals surface area contributed by atoms with Crippen molar-refractivity contribution in [2.24, 2.45) is 0 Å². The SMILES string of the molecule is CCOCc1ccccc1NC(=O)c1cnc(C)cn1. The minimum atomic E-state index is -0.276. The van der Waals surface area contributed by atoms with Crippen LogP contribution >= 0.6 is 0 Å². The van der Waals surface area contributed by atoms with Crippen molar-refractivity contribution in [2.45, 2.75) is 20.5 Å². The number of nitrogens with one attached hydrogen (secondary N) is 1. The smallest absolute Gasteiger partial charge is 0.275 e. The van der Waals surface area contributed by atoms with Crippen LogP contribution in [0.15, 0.2) is 36.7 Å². The Morgan fingerprint density at radius 3 is 2.75 bits per heavy atom. The van der Waals surface area contributed by atoms with Crippen LogP contribution in [0.4, 0.5) is 5.69 Å². The van der Waals surface area contributed by atoms with Crippen LogP contribution in [0.2, 0.25) is 0 Å². The van der Waals surface area contributed by atoms with Crippen LogP contribution in [0, 0.1) is 6.92 Å². The second-order valence-electron chi connectivity index (χ2n) is 4.29. The quantitative estimate of drug-likeness (QED) is 0.907. The molecule has 1 amide bonds. The summed E-state index contributed by atoms with van der Waals surface area (Å²) in [5.74, 6) is -0.276. The molecular weight excluding hydrogens is 254 g/mol. The Labute approximate surface area is 118 Å². The number of anilines is 1. The molecule has 20 heavy (non-hydrogen) atoms. The molecule has 0 saturated heterocycles. The second-order valence-corrected chi connectivity index (χ2v) is 4.29. The number of aromatic nitrogens is 2. The van der Waals surface area contributed by atoms with Gasteiger partial charge in [0.2, 0.25) is 0 Å². The molecule has 0 bridgehead atoms. The molecule has 0 fully saturated rings. The summed E-state index contributed by atoms with van der Waals surface area (Å²) in [5, 5.41) is 2.83. The van der Waals surface area contributed by atoms with E-state index < -0.39 is 0 Å². The molecular formula is C15H17N3O2. The molecule has 1 heterocycles. The Morgan fingerprint density at radius 2 is 2.05 bits per heavy atom. The Kier molecular flexibility index (Phi) is 4.79. The Bertz CT molecular complexity index is 582. The van der Waals surface area contributed by atoms with Crippen molar-refractivity contribution in [3.8, 4) is 0 Å². The highest BCUT2D eigenvalue weighted by Crippen LogP contribution is 2.16. The van der Waals surface area contributed by atoms with Crippen LogP contribution in [0.3, 0.4) is 0 Å². The lowest BCUT2D eigenvalue weighted by atomic mass is 10.2. The summed E-state index contributed by atoms with van der Waals surface area (Å²) < 4.78 is 5.38. The largest absolute Gasteiger partial charge is 0.377 e. The normalized spacial score (nSPS) is 10.3.